The molecule has 3 aromatic heterocycles. The van der Waals surface area contributed by atoms with Crippen molar-refractivity contribution in [3.63, 3.8) is 0 Å². The first-order valence-electron chi connectivity index (χ1n) is 8.27. The van der Waals surface area contributed by atoms with Gasteiger partial charge >= 0.3 is 0 Å². The van der Waals surface area contributed by atoms with Crippen LogP contribution in [0.4, 0.5) is 5.82 Å². The van der Waals surface area contributed by atoms with Gasteiger partial charge in [0.15, 0.2) is 5.82 Å². The lowest BCUT2D eigenvalue weighted by Crippen LogP contribution is -2.33. The van der Waals surface area contributed by atoms with E-state index in [1.54, 1.807) is 28.0 Å². The number of nitrogens with one attached hydrogen (secondary N) is 1. The van der Waals surface area contributed by atoms with Crippen LogP contribution in [-0.2, 0) is 0 Å². The van der Waals surface area contributed by atoms with Crippen molar-refractivity contribution in [3.8, 4) is 5.82 Å². The molecule has 1 fully saturated rings. The van der Waals surface area contributed by atoms with E-state index in [0.29, 0.717) is 11.9 Å². The maximum atomic E-state index is 12.2. The molecule has 0 saturated heterocycles. The Kier molecular flexibility index (Phi) is 4.19. The number of aromatic nitrogens is 7. The predicted molar refractivity (Wildman–Crippen MR) is 90.4 cm³/mol. The van der Waals surface area contributed by atoms with Crippen LogP contribution in [0.1, 0.15) is 31.7 Å². The van der Waals surface area contributed by atoms with E-state index >= 15 is 0 Å². The molecule has 0 aliphatic heterocycles. The van der Waals surface area contributed by atoms with Crippen LogP contribution in [0.2, 0.25) is 0 Å². The minimum Gasteiger partial charge on any atom is -0.367 e. The van der Waals surface area contributed by atoms with Gasteiger partial charge in [0.2, 0.25) is 0 Å². The van der Waals surface area contributed by atoms with Crippen LogP contribution in [0.5, 0.6) is 0 Å². The number of hydrogen-bond acceptors (Lipinski definition) is 7. The highest BCUT2D eigenvalue weighted by atomic mass is 16.1. The predicted octanol–water partition coefficient (Wildman–Crippen LogP) is 1.21. The Morgan fingerprint density at radius 2 is 1.92 bits per heavy atom. The van der Waals surface area contributed by atoms with E-state index in [1.165, 1.54) is 18.7 Å². The first-order valence-corrected chi connectivity index (χ1v) is 8.27. The van der Waals surface area contributed by atoms with E-state index in [9.17, 15) is 4.79 Å². The second-order valence-electron chi connectivity index (χ2n) is 6.06. The SMILES string of the molecule is O=c1ccc(-n2cncn2)nn1C1CCC(Nc2ccncn2)CC1. The summed E-state index contributed by atoms with van der Waals surface area (Å²) in [4.78, 5) is 24.3. The third-order valence-electron chi connectivity index (χ3n) is 4.44. The van der Waals surface area contributed by atoms with Crippen LogP contribution in [0.15, 0.2) is 48.2 Å². The third kappa shape index (κ3) is 3.39. The minimum atomic E-state index is -0.0870. The largest absolute Gasteiger partial charge is 0.367 e. The van der Waals surface area contributed by atoms with Crippen molar-refractivity contribution in [2.45, 2.75) is 37.8 Å². The highest BCUT2D eigenvalue weighted by Crippen LogP contribution is 2.28. The monoisotopic (exact) mass is 338 g/mol. The maximum Gasteiger partial charge on any atom is 0.267 e. The summed E-state index contributed by atoms with van der Waals surface area (Å²) in [5.74, 6) is 1.43. The molecular formula is C16H18N8O. The molecule has 9 heteroatoms. The molecule has 1 N–H and O–H groups in total. The molecule has 128 valence electrons. The molecule has 3 heterocycles. The van der Waals surface area contributed by atoms with E-state index in [4.69, 9.17) is 0 Å². The molecule has 1 aliphatic rings. The van der Waals surface area contributed by atoms with Gasteiger partial charge in [-0.1, -0.05) is 0 Å². The molecule has 9 nitrogen and oxygen atoms in total. The fourth-order valence-electron chi connectivity index (χ4n) is 3.18. The van der Waals surface area contributed by atoms with Gasteiger partial charge in [-0.15, -0.1) is 5.10 Å². The van der Waals surface area contributed by atoms with Crippen LogP contribution >= 0.6 is 0 Å². The normalized spacial score (nSPS) is 20.3. The van der Waals surface area contributed by atoms with E-state index < -0.39 is 0 Å². The Hall–Kier alpha value is -3.10. The van der Waals surface area contributed by atoms with Crippen molar-refractivity contribution >= 4 is 5.82 Å². The Morgan fingerprint density at radius 1 is 1.04 bits per heavy atom. The molecule has 0 bridgehead atoms. The van der Waals surface area contributed by atoms with E-state index in [2.05, 4.69) is 30.5 Å². The molecule has 3 aromatic rings. The summed E-state index contributed by atoms with van der Waals surface area (Å²) in [6, 6.07) is 5.50. The summed E-state index contributed by atoms with van der Waals surface area (Å²) in [6.07, 6.45) is 9.95. The van der Waals surface area contributed by atoms with Crippen molar-refractivity contribution in [2.75, 3.05) is 5.32 Å². The summed E-state index contributed by atoms with van der Waals surface area (Å²) in [7, 11) is 0. The highest BCUT2D eigenvalue weighted by molar-refractivity contribution is 5.33. The van der Waals surface area contributed by atoms with Crippen LogP contribution < -0.4 is 10.9 Å². The van der Waals surface area contributed by atoms with Gasteiger partial charge < -0.3 is 5.32 Å². The zero-order valence-electron chi connectivity index (χ0n) is 13.6. The van der Waals surface area contributed by atoms with Crippen molar-refractivity contribution in [1.29, 1.82) is 0 Å². The van der Waals surface area contributed by atoms with Gasteiger partial charge in [-0.25, -0.2) is 24.3 Å². The van der Waals surface area contributed by atoms with Gasteiger partial charge in [0, 0.05) is 18.3 Å². The van der Waals surface area contributed by atoms with Gasteiger partial charge in [0.05, 0.1) is 6.04 Å². The topological polar surface area (TPSA) is 103 Å². The molecule has 0 radical (unpaired) electrons. The molecule has 0 atom stereocenters. The van der Waals surface area contributed by atoms with Crippen LogP contribution in [-0.4, -0.2) is 40.6 Å². The molecule has 4 rings (SSSR count). The first-order chi connectivity index (χ1) is 12.3. The number of hydrogen-bond donors (Lipinski definition) is 1. The number of nitrogens with zero attached hydrogens (tertiary/aromatic N) is 7. The lowest BCUT2D eigenvalue weighted by molar-refractivity contribution is 0.302. The quantitative estimate of drug-likeness (QED) is 0.762. The molecule has 1 aliphatic carbocycles. The molecule has 0 unspecified atom stereocenters. The number of anilines is 1. The van der Waals surface area contributed by atoms with Gasteiger partial charge in [0.25, 0.3) is 5.56 Å². The second-order valence-corrected chi connectivity index (χ2v) is 6.06. The zero-order valence-corrected chi connectivity index (χ0v) is 13.6. The average Bonchev–Trinajstić information content (AvgIpc) is 3.19. The standard InChI is InChI=1S/C16H18N8O/c25-16-6-5-15(23-11-18-10-20-23)22-24(16)13-3-1-12(2-4-13)21-14-7-8-17-9-19-14/h5-13H,1-4H2,(H,17,19,21). The molecule has 0 amide bonds. The van der Waals surface area contributed by atoms with Gasteiger partial charge in [0.1, 0.15) is 24.8 Å². The summed E-state index contributed by atoms with van der Waals surface area (Å²) < 4.78 is 3.14. The minimum absolute atomic E-state index is 0.0870. The zero-order chi connectivity index (χ0) is 17.1. The fourth-order valence-corrected chi connectivity index (χ4v) is 3.18. The van der Waals surface area contributed by atoms with Crippen LogP contribution in [0.3, 0.4) is 0 Å². The van der Waals surface area contributed by atoms with E-state index in [-0.39, 0.29) is 11.6 Å². The van der Waals surface area contributed by atoms with Gasteiger partial charge in [-0.3, -0.25) is 4.79 Å². The highest BCUT2D eigenvalue weighted by Gasteiger charge is 2.24. The molecular weight excluding hydrogens is 320 g/mol. The lowest BCUT2D eigenvalue weighted by Gasteiger charge is -2.29. The van der Waals surface area contributed by atoms with Gasteiger partial charge in [-0.05, 0) is 37.8 Å². The van der Waals surface area contributed by atoms with Crippen LogP contribution in [0, 0.1) is 0 Å². The average molecular weight is 338 g/mol. The lowest BCUT2D eigenvalue weighted by atomic mass is 9.91. The summed E-state index contributed by atoms with van der Waals surface area (Å²) in [5.41, 5.74) is -0.0870. The molecule has 0 aromatic carbocycles. The van der Waals surface area contributed by atoms with Crippen molar-refractivity contribution < 1.29 is 0 Å². The summed E-state index contributed by atoms with van der Waals surface area (Å²) in [5, 5.41) is 12.0. The summed E-state index contributed by atoms with van der Waals surface area (Å²) >= 11 is 0. The van der Waals surface area contributed by atoms with Crippen molar-refractivity contribution in [3.05, 3.63) is 53.7 Å². The third-order valence-corrected chi connectivity index (χ3v) is 4.44. The Labute approximate surface area is 143 Å². The molecule has 1 saturated carbocycles. The maximum absolute atomic E-state index is 12.2. The summed E-state index contributed by atoms with van der Waals surface area (Å²) in [6.45, 7) is 0. The van der Waals surface area contributed by atoms with E-state index in [0.717, 1.165) is 31.5 Å². The van der Waals surface area contributed by atoms with Crippen LogP contribution in [0.25, 0.3) is 5.82 Å². The Balaban J connectivity index is 1.45. The molecule has 25 heavy (non-hydrogen) atoms. The fraction of sp³-hybridized carbons (Fsp3) is 0.375. The van der Waals surface area contributed by atoms with Gasteiger partial charge in [-0.2, -0.15) is 5.10 Å². The molecule has 0 spiro atoms. The smallest absolute Gasteiger partial charge is 0.267 e. The Morgan fingerprint density at radius 3 is 2.64 bits per heavy atom. The Bertz CT molecular complexity index is 869. The van der Waals surface area contributed by atoms with Crippen molar-refractivity contribution in [1.82, 2.24) is 34.5 Å². The van der Waals surface area contributed by atoms with Crippen molar-refractivity contribution in [2.24, 2.45) is 0 Å². The first kappa shape index (κ1) is 15.4. The van der Waals surface area contributed by atoms with E-state index in [1.807, 2.05) is 6.07 Å². The number of rotatable bonds is 4. The second kappa shape index (κ2) is 6.80.